The Bertz CT molecular complexity index is 458. The first kappa shape index (κ1) is 20.6. The quantitative estimate of drug-likeness (QED) is 0.626. The van der Waals surface area contributed by atoms with Gasteiger partial charge in [-0.25, -0.2) is 0 Å². The van der Waals surface area contributed by atoms with Crippen molar-refractivity contribution in [2.24, 2.45) is 5.92 Å². The largest absolute Gasteiger partial charge is 0.481 e. The Kier molecular flexibility index (Phi) is 12.1. The highest BCUT2D eigenvalue weighted by molar-refractivity contribution is 5.96. The van der Waals surface area contributed by atoms with E-state index in [-0.39, 0.29) is 32.1 Å². The summed E-state index contributed by atoms with van der Waals surface area (Å²) in [5.74, 6) is -3.44. The second-order valence-corrected chi connectivity index (χ2v) is 4.09. The summed E-state index contributed by atoms with van der Waals surface area (Å²) < 4.78 is 0. The van der Waals surface area contributed by atoms with Gasteiger partial charge in [0.15, 0.2) is 0 Å². The fraction of sp³-hybridized carbons (Fsp3) is 0.538. The number of hydrogen-bond acceptors (Lipinski definition) is 6. The highest BCUT2D eigenvalue weighted by Gasteiger charge is 2.13. The predicted molar refractivity (Wildman–Crippen MR) is 68.8 cm³/mol. The average molecular weight is 296 g/mol. The maximum Gasteiger partial charge on any atom is 0.303 e. The molecule has 0 saturated carbocycles. The van der Waals surface area contributed by atoms with Crippen molar-refractivity contribution in [1.29, 1.82) is 10.5 Å². The van der Waals surface area contributed by atoms with Gasteiger partial charge in [0.05, 0.1) is 0 Å². The number of rotatable bonds is 8. The van der Waals surface area contributed by atoms with Gasteiger partial charge in [0.1, 0.15) is 12.1 Å². The molecule has 21 heavy (non-hydrogen) atoms. The van der Waals surface area contributed by atoms with Gasteiger partial charge in [-0.15, -0.1) is 0 Å². The zero-order chi connectivity index (χ0) is 16.8. The Balaban J connectivity index is 0. The van der Waals surface area contributed by atoms with Crippen LogP contribution in [0, 0.1) is 28.6 Å². The molecule has 8 nitrogen and oxygen atoms in total. The van der Waals surface area contributed by atoms with Crippen molar-refractivity contribution < 1.29 is 29.4 Å². The first-order valence-electron chi connectivity index (χ1n) is 6.05. The fourth-order valence-electron chi connectivity index (χ4n) is 1.04. The van der Waals surface area contributed by atoms with Gasteiger partial charge in [0.25, 0.3) is 0 Å². The van der Waals surface area contributed by atoms with E-state index >= 15 is 0 Å². The molecule has 0 aromatic carbocycles. The maximum atomic E-state index is 10.7. The van der Waals surface area contributed by atoms with Gasteiger partial charge in [-0.2, -0.15) is 10.5 Å². The van der Waals surface area contributed by atoms with E-state index in [0.29, 0.717) is 0 Å². The van der Waals surface area contributed by atoms with E-state index in [1.807, 2.05) is 0 Å². The number of nitrogens with zero attached hydrogens (tertiary/aromatic N) is 2. The van der Waals surface area contributed by atoms with Gasteiger partial charge in [-0.05, 0) is 12.8 Å². The Morgan fingerprint density at radius 3 is 1.76 bits per heavy atom. The van der Waals surface area contributed by atoms with E-state index in [1.165, 1.54) is 12.1 Å². The molecule has 1 unspecified atom stereocenters. The van der Waals surface area contributed by atoms with Crippen molar-refractivity contribution >= 4 is 23.5 Å². The lowest BCUT2D eigenvalue weighted by Crippen LogP contribution is -2.09. The lowest BCUT2D eigenvalue weighted by molar-refractivity contribution is -0.138. The monoisotopic (exact) mass is 296 g/mol. The van der Waals surface area contributed by atoms with Gasteiger partial charge in [-0.1, -0.05) is 6.92 Å². The number of Topliss-reactive ketones (excluding diaryl/α,β-unsaturated/α-hetero) is 2. The number of carbonyl (C=O) groups excluding carboxylic acids is 2. The fourth-order valence-corrected chi connectivity index (χ4v) is 1.04. The van der Waals surface area contributed by atoms with Crippen LogP contribution in [0.15, 0.2) is 0 Å². The van der Waals surface area contributed by atoms with Gasteiger partial charge in [0.2, 0.25) is 11.6 Å². The van der Waals surface area contributed by atoms with Gasteiger partial charge >= 0.3 is 11.9 Å². The van der Waals surface area contributed by atoms with Crippen LogP contribution in [0.1, 0.15) is 39.0 Å². The van der Waals surface area contributed by atoms with E-state index < -0.39 is 29.4 Å². The number of nitriles is 2. The number of aliphatic carboxylic acids is 2. The minimum absolute atomic E-state index is 0.0467. The molecule has 0 saturated heterocycles. The van der Waals surface area contributed by atoms with Crippen LogP contribution < -0.4 is 0 Å². The van der Waals surface area contributed by atoms with Crippen molar-refractivity contribution in [1.82, 2.24) is 0 Å². The Morgan fingerprint density at radius 1 is 0.952 bits per heavy atom. The molecule has 0 aromatic heterocycles. The van der Waals surface area contributed by atoms with Crippen LogP contribution in [0.3, 0.4) is 0 Å². The second-order valence-electron chi connectivity index (χ2n) is 4.09. The smallest absolute Gasteiger partial charge is 0.303 e. The third-order valence-corrected chi connectivity index (χ3v) is 2.27. The summed E-state index contributed by atoms with van der Waals surface area (Å²) in [7, 11) is 0. The molecule has 0 bridgehead atoms. The minimum atomic E-state index is -0.948. The molecule has 0 fully saturated rings. The van der Waals surface area contributed by atoms with Crippen LogP contribution in [0.2, 0.25) is 0 Å². The summed E-state index contributed by atoms with van der Waals surface area (Å²) in [6, 6.07) is 2.92. The molecule has 114 valence electrons. The van der Waals surface area contributed by atoms with Crippen molar-refractivity contribution in [2.45, 2.75) is 39.0 Å². The molecule has 0 aromatic rings. The average Bonchev–Trinajstić information content (AvgIpc) is 2.43. The summed E-state index contributed by atoms with van der Waals surface area (Å²) in [5.41, 5.74) is 0. The molecule has 1 atom stereocenters. The lowest BCUT2D eigenvalue weighted by Gasteiger charge is -2.00. The lowest BCUT2D eigenvalue weighted by atomic mass is 10.0. The van der Waals surface area contributed by atoms with E-state index in [0.717, 1.165) is 0 Å². The van der Waals surface area contributed by atoms with Crippen molar-refractivity contribution in [3.8, 4) is 12.1 Å². The van der Waals surface area contributed by atoms with Crippen LogP contribution in [0.25, 0.3) is 0 Å². The number of carboxylic acids is 2. The summed E-state index contributed by atoms with van der Waals surface area (Å²) in [5, 5.41) is 32.3. The third-order valence-electron chi connectivity index (χ3n) is 2.27. The molecular formula is C13H16N2O6. The summed E-state index contributed by atoms with van der Waals surface area (Å²) in [4.78, 5) is 40.7. The third kappa shape index (κ3) is 15.2. The summed E-state index contributed by atoms with van der Waals surface area (Å²) in [6.07, 6.45) is 0.410. The Hall–Kier alpha value is -2.74. The summed E-state index contributed by atoms with van der Waals surface area (Å²) >= 11 is 0. The van der Waals surface area contributed by atoms with Crippen LogP contribution in [-0.4, -0.2) is 33.7 Å². The molecular weight excluding hydrogens is 280 g/mol. The van der Waals surface area contributed by atoms with E-state index in [1.54, 1.807) is 6.92 Å². The number of carbonyl (C=O) groups is 4. The molecule has 0 spiro atoms. The highest BCUT2D eigenvalue weighted by Crippen LogP contribution is 2.06. The van der Waals surface area contributed by atoms with Crippen molar-refractivity contribution in [2.75, 3.05) is 0 Å². The van der Waals surface area contributed by atoms with Gasteiger partial charge in [0, 0.05) is 25.2 Å². The topological polar surface area (TPSA) is 156 Å². The molecule has 8 heteroatoms. The van der Waals surface area contributed by atoms with Crippen molar-refractivity contribution in [3.63, 3.8) is 0 Å². The minimum Gasteiger partial charge on any atom is -0.481 e. The Morgan fingerprint density at radius 2 is 1.43 bits per heavy atom. The molecule has 0 aliphatic rings. The first-order valence-corrected chi connectivity index (χ1v) is 6.05. The zero-order valence-corrected chi connectivity index (χ0v) is 11.5. The molecule has 0 rings (SSSR count). The molecule has 0 aliphatic carbocycles. The standard InChI is InChI=1S/C8H8N2O2.C5H8O4/c1-6(8(12)5-10)2-3-7(11)4-9;6-4(7)2-1-3-5(8)9/h6H,2-3H2,1H3;1-3H2,(H,6,7)(H,8,9). The molecule has 0 radical (unpaired) electrons. The van der Waals surface area contributed by atoms with E-state index in [4.69, 9.17) is 20.7 Å². The number of hydrogen-bond donors (Lipinski definition) is 2. The van der Waals surface area contributed by atoms with Crippen molar-refractivity contribution in [3.05, 3.63) is 0 Å². The number of carboxylic acid groups (broad SMARTS) is 2. The molecule has 2 N–H and O–H groups in total. The van der Waals surface area contributed by atoms with Crippen LogP contribution >= 0.6 is 0 Å². The molecule has 0 aliphatic heterocycles. The Labute approximate surface area is 121 Å². The predicted octanol–water partition coefficient (Wildman–Crippen LogP) is 0.914. The second kappa shape index (κ2) is 12.3. The van der Waals surface area contributed by atoms with Gasteiger partial charge < -0.3 is 10.2 Å². The zero-order valence-electron chi connectivity index (χ0n) is 11.5. The van der Waals surface area contributed by atoms with Crippen LogP contribution in [0.4, 0.5) is 0 Å². The first-order chi connectivity index (χ1) is 9.74. The number of ketones is 2. The van der Waals surface area contributed by atoms with Crippen LogP contribution in [-0.2, 0) is 19.2 Å². The normalized spacial score (nSPS) is 10.0. The van der Waals surface area contributed by atoms with E-state index in [9.17, 15) is 19.2 Å². The SMILES string of the molecule is CC(CCC(=O)C#N)C(=O)C#N.O=C(O)CCCC(=O)O. The summed E-state index contributed by atoms with van der Waals surface area (Å²) in [6.45, 7) is 1.57. The van der Waals surface area contributed by atoms with Crippen LogP contribution in [0.5, 0.6) is 0 Å². The molecule has 0 heterocycles. The van der Waals surface area contributed by atoms with E-state index in [2.05, 4.69) is 0 Å². The highest BCUT2D eigenvalue weighted by atomic mass is 16.4. The maximum absolute atomic E-state index is 10.7. The molecule has 0 amide bonds. The van der Waals surface area contributed by atoms with Gasteiger partial charge in [-0.3, -0.25) is 19.2 Å².